The summed E-state index contributed by atoms with van der Waals surface area (Å²) in [6.45, 7) is 6.10. The lowest BCUT2D eigenvalue weighted by molar-refractivity contribution is 0.475. The van der Waals surface area contributed by atoms with Crippen molar-refractivity contribution in [2.75, 3.05) is 0 Å². The van der Waals surface area contributed by atoms with Crippen molar-refractivity contribution in [1.82, 2.24) is 5.43 Å². The first-order valence-electron chi connectivity index (χ1n) is 6.18. The van der Waals surface area contributed by atoms with Crippen LogP contribution in [0.15, 0.2) is 21.9 Å². The maximum absolute atomic E-state index is 5.70. The second-order valence-electron chi connectivity index (χ2n) is 4.59. The van der Waals surface area contributed by atoms with E-state index in [-0.39, 0.29) is 6.04 Å². The zero-order valence-electron chi connectivity index (χ0n) is 11.1. The molecule has 0 radical (unpaired) electrons. The van der Waals surface area contributed by atoms with Crippen LogP contribution in [0.4, 0.5) is 0 Å². The van der Waals surface area contributed by atoms with E-state index in [0.29, 0.717) is 0 Å². The van der Waals surface area contributed by atoms with Gasteiger partial charge in [-0.15, -0.1) is 11.3 Å². The Kier molecular flexibility index (Phi) is 4.22. The topological polar surface area (TPSA) is 51.2 Å². The van der Waals surface area contributed by atoms with Crippen molar-refractivity contribution in [2.45, 2.75) is 39.7 Å². The van der Waals surface area contributed by atoms with Crippen molar-refractivity contribution < 1.29 is 4.42 Å². The van der Waals surface area contributed by atoms with Crippen LogP contribution in [0, 0.1) is 20.8 Å². The van der Waals surface area contributed by atoms with Crippen molar-refractivity contribution in [3.8, 4) is 0 Å². The molecule has 1 unspecified atom stereocenters. The fourth-order valence-electron chi connectivity index (χ4n) is 2.37. The predicted octanol–water partition coefficient (Wildman–Crippen LogP) is 3.40. The molecule has 0 aromatic carbocycles. The van der Waals surface area contributed by atoms with Gasteiger partial charge in [-0.3, -0.25) is 11.3 Å². The Morgan fingerprint density at radius 1 is 1.33 bits per heavy atom. The number of aryl methyl sites for hydroxylation is 3. The number of hydrogen-bond acceptors (Lipinski definition) is 4. The van der Waals surface area contributed by atoms with E-state index in [2.05, 4.69) is 29.9 Å². The van der Waals surface area contributed by atoms with Crippen LogP contribution in [0.1, 0.15) is 40.0 Å². The molecule has 2 aromatic heterocycles. The van der Waals surface area contributed by atoms with E-state index in [9.17, 15) is 0 Å². The predicted molar refractivity (Wildman–Crippen MR) is 75.6 cm³/mol. The third-order valence-electron chi connectivity index (χ3n) is 3.43. The monoisotopic (exact) mass is 264 g/mol. The minimum absolute atomic E-state index is 0.157. The standard InChI is InChI=1S/C14H20N2OS/c1-9-10(2)17-11(3)14(9)13(16-15)7-6-12-5-4-8-18-12/h4-5,8,13,16H,6-7,15H2,1-3H3. The number of thiophene rings is 1. The van der Waals surface area contributed by atoms with Crippen LogP contribution in [0.3, 0.4) is 0 Å². The van der Waals surface area contributed by atoms with Crippen LogP contribution < -0.4 is 11.3 Å². The highest BCUT2D eigenvalue weighted by Gasteiger charge is 2.19. The first-order valence-corrected chi connectivity index (χ1v) is 7.06. The first-order chi connectivity index (χ1) is 8.63. The van der Waals surface area contributed by atoms with Gasteiger partial charge in [-0.05, 0) is 50.6 Å². The van der Waals surface area contributed by atoms with Crippen molar-refractivity contribution >= 4 is 11.3 Å². The van der Waals surface area contributed by atoms with Gasteiger partial charge in [0, 0.05) is 10.4 Å². The zero-order valence-corrected chi connectivity index (χ0v) is 11.9. The number of nitrogens with two attached hydrogens (primary N) is 1. The third-order valence-corrected chi connectivity index (χ3v) is 4.36. The average Bonchev–Trinajstić information content (AvgIpc) is 2.93. The largest absolute Gasteiger partial charge is 0.466 e. The second-order valence-corrected chi connectivity index (χ2v) is 5.62. The first kappa shape index (κ1) is 13.3. The molecule has 1 atom stereocenters. The highest BCUT2D eigenvalue weighted by molar-refractivity contribution is 7.09. The maximum atomic E-state index is 5.70. The molecule has 2 heterocycles. The summed E-state index contributed by atoms with van der Waals surface area (Å²) in [6, 6.07) is 4.41. The summed E-state index contributed by atoms with van der Waals surface area (Å²) in [5.41, 5.74) is 5.34. The quantitative estimate of drug-likeness (QED) is 0.643. The molecule has 3 N–H and O–H groups in total. The molecule has 18 heavy (non-hydrogen) atoms. The van der Waals surface area contributed by atoms with Crippen molar-refractivity contribution in [3.05, 3.63) is 45.0 Å². The average molecular weight is 264 g/mol. The summed E-state index contributed by atoms with van der Waals surface area (Å²) < 4.78 is 5.67. The van der Waals surface area contributed by atoms with Crippen molar-refractivity contribution in [3.63, 3.8) is 0 Å². The van der Waals surface area contributed by atoms with Gasteiger partial charge in [-0.25, -0.2) is 0 Å². The Balaban J connectivity index is 2.13. The highest BCUT2D eigenvalue weighted by atomic mass is 32.1. The normalized spacial score (nSPS) is 12.9. The van der Waals surface area contributed by atoms with Gasteiger partial charge in [0.15, 0.2) is 0 Å². The summed E-state index contributed by atoms with van der Waals surface area (Å²) in [6.07, 6.45) is 2.02. The minimum atomic E-state index is 0.157. The van der Waals surface area contributed by atoms with Crippen molar-refractivity contribution in [2.24, 2.45) is 5.84 Å². The molecular weight excluding hydrogens is 244 g/mol. The number of hydrogen-bond donors (Lipinski definition) is 2. The van der Waals surface area contributed by atoms with E-state index in [1.807, 2.05) is 13.8 Å². The Morgan fingerprint density at radius 3 is 2.61 bits per heavy atom. The summed E-state index contributed by atoms with van der Waals surface area (Å²) in [5, 5.41) is 2.11. The molecule has 0 aliphatic carbocycles. The van der Waals surface area contributed by atoms with Gasteiger partial charge in [0.05, 0.1) is 6.04 Å². The van der Waals surface area contributed by atoms with Crippen LogP contribution in [0.2, 0.25) is 0 Å². The molecule has 0 bridgehead atoms. The molecule has 0 fully saturated rings. The van der Waals surface area contributed by atoms with Gasteiger partial charge in [0.1, 0.15) is 11.5 Å². The summed E-state index contributed by atoms with van der Waals surface area (Å²) in [7, 11) is 0. The number of furan rings is 1. The maximum Gasteiger partial charge on any atom is 0.106 e. The Labute approximate surface area is 112 Å². The van der Waals surface area contributed by atoms with Gasteiger partial charge in [0.2, 0.25) is 0 Å². The minimum Gasteiger partial charge on any atom is -0.466 e. The highest BCUT2D eigenvalue weighted by Crippen LogP contribution is 2.29. The summed E-state index contributed by atoms with van der Waals surface area (Å²) in [5.74, 6) is 7.66. The molecule has 3 nitrogen and oxygen atoms in total. The van der Waals surface area contributed by atoms with E-state index >= 15 is 0 Å². The summed E-state index contributed by atoms with van der Waals surface area (Å²) >= 11 is 1.79. The lowest BCUT2D eigenvalue weighted by atomic mass is 9.98. The third kappa shape index (κ3) is 2.66. The smallest absolute Gasteiger partial charge is 0.106 e. The molecule has 0 aliphatic rings. The lowest BCUT2D eigenvalue weighted by Crippen LogP contribution is -2.29. The van der Waals surface area contributed by atoms with E-state index in [4.69, 9.17) is 10.3 Å². The van der Waals surface area contributed by atoms with Crippen LogP contribution in [-0.4, -0.2) is 0 Å². The molecule has 4 heteroatoms. The molecule has 0 saturated heterocycles. The zero-order chi connectivity index (χ0) is 13.1. The van der Waals surface area contributed by atoms with Gasteiger partial charge < -0.3 is 4.42 Å². The van der Waals surface area contributed by atoms with Crippen LogP contribution in [0.5, 0.6) is 0 Å². The SMILES string of the molecule is Cc1oc(C)c(C(CCc2cccs2)NN)c1C. The fraction of sp³-hybridized carbons (Fsp3) is 0.429. The number of hydrazine groups is 1. The lowest BCUT2D eigenvalue weighted by Gasteiger charge is -2.16. The molecule has 0 spiro atoms. The fourth-order valence-corrected chi connectivity index (χ4v) is 3.10. The van der Waals surface area contributed by atoms with Crippen LogP contribution in [-0.2, 0) is 6.42 Å². The Bertz CT molecular complexity index is 502. The molecule has 2 aromatic rings. The molecule has 2 rings (SSSR count). The Morgan fingerprint density at radius 2 is 2.11 bits per heavy atom. The number of nitrogens with one attached hydrogen (secondary N) is 1. The molecule has 0 amide bonds. The van der Waals surface area contributed by atoms with Crippen LogP contribution in [0.25, 0.3) is 0 Å². The van der Waals surface area contributed by atoms with E-state index in [1.54, 1.807) is 11.3 Å². The van der Waals surface area contributed by atoms with Crippen molar-refractivity contribution in [1.29, 1.82) is 0 Å². The molecule has 0 saturated carbocycles. The van der Waals surface area contributed by atoms with E-state index in [0.717, 1.165) is 24.4 Å². The van der Waals surface area contributed by atoms with Gasteiger partial charge >= 0.3 is 0 Å². The summed E-state index contributed by atoms with van der Waals surface area (Å²) in [4.78, 5) is 1.39. The molecule has 98 valence electrons. The van der Waals surface area contributed by atoms with E-state index < -0.39 is 0 Å². The van der Waals surface area contributed by atoms with Gasteiger partial charge in [0.25, 0.3) is 0 Å². The second kappa shape index (κ2) is 5.69. The van der Waals surface area contributed by atoms with Gasteiger partial charge in [-0.2, -0.15) is 0 Å². The molecular formula is C14H20N2OS. The van der Waals surface area contributed by atoms with Crippen LogP contribution >= 0.6 is 11.3 Å². The Hall–Kier alpha value is -1.10. The van der Waals surface area contributed by atoms with Gasteiger partial charge in [-0.1, -0.05) is 6.07 Å². The van der Waals surface area contributed by atoms with E-state index in [1.165, 1.54) is 16.0 Å². The molecule has 0 aliphatic heterocycles. The number of rotatable bonds is 5.